The van der Waals surface area contributed by atoms with Crippen molar-refractivity contribution >= 4 is 56.5 Å². The second kappa shape index (κ2) is 4.26. The van der Waals surface area contributed by atoms with Crippen LogP contribution in [0.15, 0.2) is 0 Å². The summed E-state index contributed by atoms with van der Waals surface area (Å²) in [6.45, 7) is 0. The van der Waals surface area contributed by atoms with Gasteiger partial charge < -0.3 is 14.4 Å². The molecule has 0 aliphatic rings. The van der Waals surface area contributed by atoms with E-state index in [-0.39, 0.29) is 48.9 Å². The molecular weight excluding hydrogens is 335 g/mol. The van der Waals surface area contributed by atoms with Crippen LogP contribution in [0.2, 0.25) is 0 Å². The Hall–Kier alpha value is 1.37. The molecule has 0 atom stereocenters. The van der Waals surface area contributed by atoms with Gasteiger partial charge in [0.15, 0.2) is 0 Å². The zero-order valence-electron chi connectivity index (χ0n) is 5.27. The molecule has 0 rings (SSSR count). The third-order valence-electron chi connectivity index (χ3n) is 0.685. The van der Waals surface area contributed by atoms with Crippen LogP contribution >= 0.6 is 7.60 Å². The van der Waals surface area contributed by atoms with Gasteiger partial charge in [0.2, 0.25) is 0 Å². The molecule has 0 amide bonds. The molecule has 0 aliphatic carbocycles. The Kier molecular flexibility index (Phi) is 5.62. The largest absolute Gasteiger partial charge is 2.00 e. The van der Waals surface area contributed by atoms with Crippen molar-refractivity contribution in [3.63, 3.8) is 0 Å². The van der Waals surface area contributed by atoms with Crippen molar-refractivity contribution in [3.05, 3.63) is 0 Å². The summed E-state index contributed by atoms with van der Waals surface area (Å²) >= 11 is 0. The van der Waals surface area contributed by atoms with Gasteiger partial charge in [-0.25, -0.2) is 0 Å². The Morgan fingerprint density at radius 3 is 1.25 bits per heavy atom. The van der Waals surface area contributed by atoms with Crippen molar-refractivity contribution in [1.82, 2.24) is 0 Å². The van der Waals surface area contributed by atoms with E-state index in [1.165, 1.54) is 0 Å². The molecule has 68 valence electrons. The summed E-state index contributed by atoms with van der Waals surface area (Å²) in [5.74, 6) is 0. The van der Waals surface area contributed by atoms with E-state index in [9.17, 15) is 36.3 Å². The Bertz CT molecular complexity index is 195. The monoisotopic (exact) mass is 336 g/mol. The molecule has 0 aromatic carbocycles. The summed E-state index contributed by atoms with van der Waals surface area (Å²) < 4.78 is 65.2. The van der Waals surface area contributed by atoms with Crippen molar-refractivity contribution in [3.8, 4) is 0 Å². The van der Waals surface area contributed by atoms with E-state index in [1.54, 1.807) is 0 Å². The molecule has 0 heterocycles. The Morgan fingerprint density at radius 2 is 1.25 bits per heavy atom. The molecular formula is C2BaF5O3P. The van der Waals surface area contributed by atoms with Crippen LogP contribution in [0.1, 0.15) is 0 Å². The van der Waals surface area contributed by atoms with Gasteiger partial charge in [-0.05, 0) is 0 Å². The van der Waals surface area contributed by atoms with E-state index in [0.717, 1.165) is 0 Å². The molecule has 0 spiro atoms. The van der Waals surface area contributed by atoms with E-state index in [0.29, 0.717) is 0 Å². The number of hydrogen-bond donors (Lipinski definition) is 0. The normalized spacial score (nSPS) is 13.9. The maximum absolute atomic E-state index is 11.4. The van der Waals surface area contributed by atoms with E-state index in [1.807, 2.05) is 0 Å². The fourth-order valence-electron chi connectivity index (χ4n) is 0.155. The van der Waals surface area contributed by atoms with Crippen LogP contribution in [-0.4, -0.2) is 60.7 Å². The van der Waals surface area contributed by atoms with Gasteiger partial charge in [-0.2, -0.15) is 22.0 Å². The van der Waals surface area contributed by atoms with Gasteiger partial charge in [-0.3, -0.25) is 0 Å². The molecule has 0 fully saturated rings. The van der Waals surface area contributed by atoms with Gasteiger partial charge in [-0.1, -0.05) is 0 Å². The fourth-order valence-corrected chi connectivity index (χ4v) is 0.466. The first-order valence-corrected chi connectivity index (χ1v) is 3.51. The Morgan fingerprint density at radius 1 is 1.00 bits per heavy atom. The van der Waals surface area contributed by atoms with Crippen molar-refractivity contribution in [2.45, 2.75) is 11.8 Å². The molecule has 3 nitrogen and oxygen atoms in total. The minimum absolute atomic E-state index is 0. The van der Waals surface area contributed by atoms with Crippen LogP contribution in [-0.2, 0) is 4.57 Å². The SMILES string of the molecule is O=P([O-])([O-])C(F)(F)C(F)(F)F.[Ba+2]. The molecule has 12 heavy (non-hydrogen) atoms. The zero-order chi connectivity index (χ0) is 9.50. The number of hydrogen-bond acceptors (Lipinski definition) is 3. The van der Waals surface area contributed by atoms with Crippen LogP contribution in [0.4, 0.5) is 22.0 Å². The molecule has 0 saturated heterocycles. The number of halogens is 5. The van der Waals surface area contributed by atoms with Gasteiger partial charge in [-0.15, -0.1) is 0 Å². The van der Waals surface area contributed by atoms with E-state index >= 15 is 0 Å². The first kappa shape index (κ1) is 15.8. The van der Waals surface area contributed by atoms with Crippen molar-refractivity contribution in [2.24, 2.45) is 0 Å². The maximum Gasteiger partial charge on any atom is 2.00 e. The van der Waals surface area contributed by atoms with Crippen LogP contribution in [0.3, 0.4) is 0 Å². The first-order valence-electron chi connectivity index (χ1n) is 1.97. The standard InChI is InChI=1S/C2H2F5O3P.Ba/c3-1(4,5)2(6,7)11(8,9)10;/h(H2,8,9,10);/q;+2/p-2. The minimum Gasteiger partial charge on any atom is -0.806 e. The van der Waals surface area contributed by atoms with E-state index < -0.39 is 19.4 Å². The summed E-state index contributed by atoms with van der Waals surface area (Å²) in [5, 5.41) is 0. The van der Waals surface area contributed by atoms with E-state index in [4.69, 9.17) is 0 Å². The second-order valence-electron chi connectivity index (χ2n) is 1.54. The third-order valence-corrected chi connectivity index (χ3v) is 1.63. The molecule has 0 aromatic rings. The van der Waals surface area contributed by atoms with Crippen LogP contribution in [0, 0.1) is 0 Å². The molecule has 0 unspecified atom stereocenters. The van der Waals surface area contributed by atoms with Gasteiger partial charge in [0, 0.05) is 7.60 Å². The maximum atomic E-state index is 11.4. The van der Waals surface area contributed by atoms with Gasteiger partial charge in [0.1, 0.15) is 0 Å². The summed E-state index contributed by atoms with van der Waals surface area (Å²) in [7, 11) is -6.95. The topological polar surface area (TPSA) is 63.2 Å². The predicted octanol–water partition coefficient (Wildman–Crippen LogP) is -0.326. The molecule has 10 heteroatoms. The second-order valence-corrected chi connectivity index (χ2v) is 3.09. The molecule has 0 bridgehead atoms. The van der Waals surface area contributed by atoms with Gasteiger partial charge in [0.25, 0.3) is 0 Å². The Balaban J connectivity index is 0. The molecule has 0 aromatic heterocycles. The zero-order valence-corrected chi connectivity index (χ0v) is 10.6. The molecule has 0 saturated carbocycles. The van der Waals surface area contributed by atoms with Crippen molar-refractivity contribution in [1.29, 1.82) is 0 Å². The quantitative estimate of drug-likeness (QED) is 0.375. The average molecular weight is 335 g/mol. The average Bonchev–Trinajstić information content (AvgIpc) is 1.58. The van der Waals surface area contributed by atoms with E-state index in [2.05, 4.69) is 0 Å². The first-order chi connectivity index (χ1) is 4.50. The smallest absolute Gasteiger partial charge is 0.806 e. The van der Waals surface area contributed by atoms with Gasteiger partial charge >= 0.3 is 60.7 Å². The van der Waals surface area contributed by atoms with Crippen LogP contribution in [0.5, 0.6) is 0 Å². The van der Waals surface area contributed by atoms with Crippen molar-refractivity contribution < 1.29 is 36.3 Å². The predicted molar refractivity (Wildman–Crippen MR) is 24.4 cm³/mol. The van der Waals surface area contributed by atoms with Crippen molar-refractivity contribution in [2.75, 3.05) is 0 Å². The summed E-state index contributed by atoms with van der Waals surface area (Å²) in [4.78, 5) is 18.6. The summed E-state index contributed by atoms with van der Waals surface area (Å²) in [6.07, 6.45) is -6.34. The molecule has 0 N–H and O–H groups in total. The van der Waals surface area contributed by atoms with Gasteiger partial charge in [0.05, 0.1) is 0 Å². The summed E-state index contributed by atoms with van der Waals surface area (Å²) in [6, 6.07) is 0. The molecule has 0 aliphatic heterocycles. The number of rotatable bonds is 1. The minimum atomic E-state index is -6.95. The molecule has 0 radical (unpaired) electrons. The summed E-state index contributed by atoms with van der Waals surface area (Å²) in [5.41, 5.74) is -6.18. The third kappa shape index (κ3) is 3.26. The fraction of sp³-hybridized carbons (Fsp3) is 1.00. The van der Waals surface area contributed by atoms with Crippen LogP contribution < -0.4 is 9.79 Å². The Labute approximate surface area is 104 Å². The van der Waals surface area contributed by atoms with Crippen LogP contribution in [0.25, 0.3) is 0 Å². The number of alkyl halides is 5.